The summed E-state index contributed by atoms with van der Waals surface area (Å²) < 4.78 is 12.7. The van der Waals surface area contributed by atoms with Crippen molar-refractivity contribution in [1.82, 2.24) is 4.57 Å². The Morgan fingerprint density at radius 2 is 2.03 bits per heavy atom. The Morgan fingerprint density at radius 3 is 2.76 bits per heavy atom. The number of rotatable bonds is 6. The standard InChI is InChI=1S/C25H21N3O4S/c1-3-31-24(30)21-16(2)27-25-28(22(21)18-9-5-4-6-10-18)23(29)20(33-25)15-17-8-7-11-19(14-17)32-13-12-26/h4-11,14-15,22H,3,13H2,1-2H3/b20-15-/t22-/m0/s1. The third kappa shape index (κ3) is 4.49. The molecule has 0 bridgehead atoms. The van der Waals surface area contributed by atoms with Crippen molar-refractivity contribution in [3.63, 3.8) is 0 Å². The van der Waals surface area contributed by atoms with E-state index in [1.165, 1.54) is 11.3 Å². The molecule has 1 atom stereocenters. The highest BCUT2D eigenvalue weighted by atomic mass is 32.1. The number of carbonyl (C=O) groups is 1. The molecular weight excluding hydrogens is 438 g/mol. The monoisotopic (exact) mass is 459 g/mol. The van der Waals surface area contributed by atoms with E-state index in [0.717, 1.165) is 11.1 Å². The van der Waals surface area contributed by atoms with Crippen LogP contribution in [-0.2, 0) is 9.53 Å². The number of aromatic nitrogens is 1. The first-order chi connectivity index (χ1) is 16.0. The van der Waals surface area contributed by atoms with E-state index in [1.54, 1.807) is 42.7 Å². The third-order valence-electron chi connectivity index (χ3n) is 5.09. The number of hydrogen-bond donors (Lipinski definition) is 0. The number of nitrogens with zero attached hydrogens (tertiary/aromatic N) is 3. The lowest BCUT2D eigenvalue weighted by Crippen LogP contribution is -2.39. The minimum atomic E-state index is -0.631. The third-order valence-corrected chi connectivity index (χ3v) is 6.07. The summed E-state index contributed by atoms with van der Waals surface area (Å²) in [6.07, 6.45) is 1.76. The van der Waals surface area contributed by atoms with Crippen LogP contribution >= 0.6 is 11.3 Å². The lowest BCUT2D eigenvalue weighted by molar-refractivity contribution is -0.139. The fraction of sp³-hybridized carbons (Fsp3) is 0.200. The maximum Gasteiger partial charge on any atom is 0.338 e. The van der Waals surface area contributed by atoms with Gasteiger partial charge in [0.2, 0.25) is 0 Å². The first-order valence-electron chi connectivity index (χ1n) is 10.4. The summed E-state index contributed by atoms with van der Waals surface area (Å²) in [5, 5.41) is 8.72. The van der Waals surface area contributed by atoms with Crippen LogP contribution < -0.4 is 19.6 Å². The summed E-state index contributed by atoms with van der Waals surface area (Å²) in [5.41, 5.74) is 2.20. The van der Waals surface area contributed by atoms with Crippen LogP contribution in [0.4, 0.5) is 0 Å². The van der Waals surface area contributed by atoms with Gasteiger partial charge in [0.1, 0.15) is 11.8 Å². The molecule has 8 heteroatoms. The number of hydrogen-bond acceptors (Lipinski definition) is 7. The van der Waals surface area contributed by atoms with Crippen molar-refractivity contribution in [3.05, 3.63) is 96.7 Å². The highest BCUT2D eigenvalue weighted by Gasteiger charge is 2.33. The highest BCUT2D eigenvalue weighted by molar-refractivity contribution is 7.07. The molecule has 0 amide bonds. The minimum Gasteiger partial charge on any atom is -0.479 e. The molecule has 166 valence electrons. The van der Waals surface area contributed by atoms with Crippen molar-refractivity contribution >= 4 is 23.4 Å². The zero-order valence-corrected chi connectivity index (χ0v) is 19.0. The first-order valence-corrected chi connectivity index (χ1v) is 11.2. The Hall–Kier alpha value is -3.96. The molecule has 7 nitrogen and oxygen atoms in total. The summed E-state index contributed by atoms with van der Waals surface area (Å²) in [5.74, 6) is 0.0601. The molecule has 2 aromatic carbocycles. The number of benzene rings is 2. The predicted octanol–water partition coefficient (Wildman–Crippen LogP) is 2.70. The van der Waals surface area contributed by atoms with E-state index >= 15 is 0 Å². The van der Waals surface area contributed by atoms with Gasteiger partial charge in [0.05, 0.1) is 28.5 Å². The minimum absolute atomic E-state index is 0.0569. The first kappa shape index (κ1) is 22.2. The molecule has 3 aromatic rings. The number of ether oxygens (including phenoxy) is 2. The summed E-state index contributed by atoms with van der Waals surface area (Å²) in [7, 11) is 0. The molecule has 4 rings (SSSR count). The van der Waals surface area contributed by atoms with Crippen molar-refractivity contribution in [2.45, 2.75) is 19.9 Å². The largest absolute Gasteiger partial charge is 0.479 e. The van der Waals surface area contributed by atoms with Crippen LogP contribution in [0.2, 0.25) is 0 Å². The normalized spacial score (nSPS) is 15.4. The summed E-state index contributed by atoms with van der Waals surface area (Å²) in [6, 6.07) is 17.9. The van der Waals surface area contributed by atoms with E-state index in [-0.39, 0.29) is 18.8 Å². The number of allylic oxidation sites excluding steroid dienone is 1. The van der Waals surface area contributed by atoms with Gasteiger partial charge >= 0.3 is 5.97 Å². The molecule has 0 radical (unpaired) electrons. The van der Waals surface area contributed by atoms with Gasteiger partial charge in [-0.3, -0.25) is 9.36 Å². The molecule has 1 aromatic heterocycles. The van der Waals surface area contributed by atoms with Crippen LogP contribution in [-0.4, -0.2) is 23.8 Å². The maximum atomic E-state index is 13.5. The summed E-state index contributed by atoms with van der Waals surface area (Å²) >= 11 is 1.26. The SMILES string of the molecule is CCOC(=O)C1=C(C)N=c2s/c(=C\c3cccc(OCC#N)c3)c(=O)n2[C@H]1c1ccccc1. The van der Waals surface area contributed by atoms with E-state index in [4.69, 9.17) is 14.7 Å². The molecule has 0 unspecified atom stereocenters. The second-order valence-corrected chi connectivity index (χ2v) is 8.24. The van der Waals surface area contributed by atoms with Crippen LogP contribution in [0.15, 0.2) is 75.7 Å². The van der Waals surface area contributed by atoms with Crippen molar-refractivity contribution in [3.8, 4) is 11.8 Å². The van der Waals surface area contributed by atoms with E-state index in [1.807, 2.05) is 42.5 Å². The zero-order valence-electron chi connectivity index (χ0n) is 18.1. The van der Waals surface area contributed by atoms with Crippen LogP contribution in [0.25, 0.3) is 6.08 Å². The van der Waals surface area contributed by atoms with E-state index in [0.29, 0.717) is 26.4 Å². The average Bonchev–Trinajstić information content (AvgIpc) is 3.12. The molecular formula is C25H21N3O4S. The van der Waals surface area contributed by atoms with Crippen molar-refractivity contribution in [2.24, 2.45) is 4.99 Å². The fourth-order valence-electron chi connectivity index (χ4n) is 3.70. The van der Waals surface area contributed by atoms with Gasteiger partial charge in [-0.05, 0) is 43.2 Å². The van der Waals surface area contributed by atoms with Gasteiger partial charge in [0.25, 0.3) is 5.56 Å². The Bertz CT molecular complexity index is 1450. The maximum absolute atomic E-state index is 13.5. The highest BCUT2D eigenvalue weighted by Crippen LogP contribution is 2.30. The Balaban J connectivity index is 1.88. The molecule has 0 fully saturated rings. The van der Waals surface area contributed by atoms with Gasteiger partial charge in [-0.15, -0.1) is 0 Å². The molecule has 0 spiro atoms. The Kier molecular flexibility index (Phi) is 6.52. The molecule has 0 N–H and O–H groups in total. The lowest BCUT2D eigenvalue weighted by atomic mass is 9.96. The lowest BCUT2D eigenvalue weighted by Gasteiger charge is -2.24. The molecule has 0 aliphatic carbocycles. The number of fused-ring (bicyclic) bond motifs is 1. The number of thiazole rings is 1. The second kappa shape index (κ2) is 9.67. The summed E-state index contributed by atoms with van der Waals surface area (Å²) in [4.78, 5) is 31.4. The molecule has 2 heterocycles. The van der Waals surface area contributed by atoms with Crippen LogP contribution in [0.1, 0.15) is 31.0 Å². The molecule has 1 aliphatic heterocycles. The van der Waals surface area contributed by atoms with Crippen LogP contribution in [0.3, 0.4) is 0 Å². The van der Waals surface area contributed by atoms with Gasteiger partial charge in [0, 0.05) is 0 Å². The van der Waals surface area contributed by atoms with Crippen LogP contribution in [0, 0.1) is 11.3 Å². The molecule has 1 aliphatic rings. The van der Waals surface area contributed by atoms with E-state index in [9.17, 15) is 9.59 Å². The topological polar surface area (TPSA) is 93.7 Å². The molecule has 0 saturated heterocycles. The summed E-state index contributed by atoms with van der Waals surface area (Å²) in [6.45, 7) is 3.68. The fourth-order valence-corrected chi connectivity index (χ4v) is 4.75. The quantitative estimate of drug-likeness (QED) is 0.529. The average molecular weight is 460 g/mol. The van der Waals surface area contributed by atoms with Crippen molar-refractivity contribution in [2.75, 3.05) is 13.2 Å². The Morgan fingerprint density at radius 1 is 1.24 bits per heavy atom. The van der Waals surface area contributed by atoms with E-state index in [2.05, 4.69) is 4.99 Å². The molecule has 0 saturated carbocycles. The zero-order chi connectivity index (χ0) is 23.4. The number of carbonyl (C=O) groups excluding carboxylic acids is 1. The van der Waals surface area contributed by atoms with Gasteiger partial charge in [0.15, 0.2) is 11.4 Å². The molecule has 33 heavy (non-hydrogen) atoms. The number of esters is 1. The van der Waals surface area contributed by atoms with E-state index < -0.39 is 12.0 Å². The van der Waals surface area contributed by atoms with Crippen molar-refractivity contribution in [1.29, 1.82) is 5.26 Å². The predicted molar refractivity (Wildman–Crippen MR) is 124 cm³/mol. The number of nitriles is 1. The van der Waals surface area contributed by atoms with Gasteiger partial charge in [-0.25, -0.2) is 9.79 Å². The smallest absolute Gasteiger partial charge is 0.338 e. The van der Waals surface area contributed by atoms with Gasteiger partial charge in [-0.1, -0.05) is 53.8 Å². The Labute approximate surface area is 194 Å². The second-order valence-electron chi connectivity index (χ2n) is 7.23. The van der Waals surface area contributed by atoms with Gasteiger partial charge in [-0.2, -0.15) is 5.26 Å². The van der Waals surface area contributed by atoms with Crippen LogP contribution in [0.5, 0.6) is 5.75 Å². The van der Waals surface area contributed by atoms with Gasteiger partial charge < -0.3 is 9.47 Å². The van der Waals surface area contributed by atoms with Crippen molar-refractivity contribution < 1.29 is 14.3 Å².